The summed E-state index contributed by atoms with van der Waals surface area (Å²) in [6.07, 6.45) is 0.852. The molecule has 0 bridgehead atoms. The number of rotatable bonds is 7. The smallest absolute Gasteiger partial charge is 0.320 e. The van der Waals surface area contributed by atoms with E-state index >= 15 is 0 Å². The van der Waals surface area contributed by atoms with E-state index in [2.05, 4.69) is 26.0 Å². The van der Waals surface area contributed by atoms with Crippen LogP contribution in [0.25, 0.3) is 0 Å². The molecule has 0 aliphatic heterocycles. The van der Waals surface area contributed by atoms with Crippen molar-refractivity contribution in [3.8, 4) is 5.75 Å². The molecule has 1 aromatic rings. The normalized spacial score (nSPS) is 11.9. The summed E-state index contributed by atoms with van der Waals surface area (Å²) in [4.78, 5) is 10.8. The molecule has 0 saturated carbocycles. The van der Waals surface area contributed by atoms with Crippen LogP contribution in [0, 0.1) is 0 Å². The summed E-state index contributed by atoms with van der Waals surface area (Å²) in [5, 5.41) is 3.20. The van der Waals surface area contributed by atoms with Crippen LogP contribution in [0.3, 0.4) is 0 Å². The Hall–Kier alpha value is -1.07. The van der Waals surface area contributed by atoms with Gasteiger partial charge < -0.3 is 14.8 Å². The maximum Gasteiger partial charge on any atom is 0.320 e. The number of ether oxygens (including phenoxy) is 2. The average molecular weight is 316 g/mol. The van der Waals surface area contributed by atoms with Gasteiger partial charge in [-0.15, -0.1) is 0 Å². The van der Waals surface area contributed by atoms with Gasteiger partial charge in [0.15, 0.2) is 0 Å². The van der Waals surface area contributed by atoms with Crippen LogP contribution in [-0.4, -0.2) is 38.1 Å². The summed E-state index contributed by atoms with van der Waals surface area (Å²) in [7, 11) is 3.05. The number of carbonyl (C=O) groups is 1. The van der Waals surface area contributed by atoms with Gasteiger partial charge in [0.1, 0.15) is 10.6 Å². The van der Waals surface area contributed by atoms with Crippen LogP contribution in [0.1, 0.15) is 5.56 Å². The van der Waals surface area contributed by atoms with Crippen LogP contribution in [-0.2, 0) is 16.0 Å². The van der Waals surface area contributed by atoms with Gasteiger partial charge in [-0.05, 0) is 24.6 Å². The highest BCUT2D eigenvalue weighted by Crippen LogP contribution is 2.17. The number of carbonyl (C=O) groups excluding carboxylic acids is 1. The zero-order chi connectivity index (χ0) is 13.4. The number of methoxy groups -OCH3 is 2. The number of halogens is 1. The summed E-state index contributed by atoms with van der Waals surface area (Å²) < 4.78 is 9.89. The molecule has 1 atom stereocenters. The van der Waals surface area contributed by atoms with Gasteiger partial charge in [-0.2, -0.15) is 0 Å². The van der Waals surface area contributed by atoms with Crippen molar-refractivity contribution in [2.24, 2.45) is 0 Å². The number of hydrogen-bond donors (Lipinski definition) is 1. The minimum absolute atomic E-state index is 0.264. The lowest BCUT2D eigenvalue weighted by atomic mass is 10.1. The van der Waals surface area contributed by atoms with E-state index in [1.807, 2.05) is 24.3 Å². The van der Waals surface area contributed by atoms with Crippen molar-refractivity contribution in [2.75, 3.05) is 27.3 Å². The number of benzene rings is 1. The van der Waals surface area contributed by atoms with Crippen LogP contribution in [0.4, 0.5) is 0 Å². The second-order valence-corrected chi connectivity index (χ2v) is 4.86. The van der Waals surface area contributed by atoms with E-state index < -0.39 is 0 Å². The standard InChI is InChI=1S/C13H18BrNO3/c1-17-12-6-4-3-5-10(12)7-8-15-9-11(14)13(16)18-2/h3-6,11,15H,7-9H2,1-2H3. The molecular weight excluding hydrogens is 298 g/mol. The van der Waals surface area contributed by atoms with Crippen molar-refractivity contribution in [2.45, 2.75) is 11.2 Å². The van der Waals surface area contributed by atoms with Gasteiger partial charge in [0.25, 0.3) is 0 Å². The molecule has 1 rings (SSSR count). The first-order valence-corrected chi connectivity index (χ1v) is 6.65. The van der Waals surface area contributed by atoms with Gasteiger partial charge in [-0.3, -0.25) is 4.79 Å². The summed E-state index contributed by atoms with van der Waals surface area (Å²) in [6.45, 7) is 1.32. The first kappa shape index (κ1) is 15.0. The molecule has 0 aliphatic carbocycles. The fraction of sp³-hybridized carbons (Fsp3) is 0.462. The molecule has 0 spiro atoms. The molecule has 0 aliphatic rings. The van der Waals surface area contributed by atoms with E-state index in [9.17, 15) is 4.79 Å². The minimum atomic E-state index is -0.305. The Morgan fingerprint density at radius 3 is 2.78 bits per heavy atom. The molecule has 0 aromatic heterocycles. The number of alkyl halides is 1. The Labute approximate surface area is 116 Å². The molecule has 5 heteroatoms. The van der Waals surface area contributed by atoms with Crippen molar-refractivity contribution in [1.29, 1.82) is 0 Å². The summed E-state index contributed by atoms with van der Waals surface area (Å²) in [5.74, 6) is 0.627. The van der Waals surface area contributed by atoms with E-state index in [0.717, 1.165) is 24.3 Å². The molecule has 4 nitrogen and oxygen atoms in total. The second-order valence-electron chi connectivity index (χ2n) is 3.76. The minimum Gasteiger partial charge on any atom is -0.496 e. The molecule has 1 N–H and O–H groups in total. The third-order valence-corrected chi connectivity index (χ3v) is 3.24. The highest BCUT2D eigenvalue weighted by molar-refractivity contribution is 9.10. The van der Waals surface area contributed by atoms with Gasteiger partial charge in [0.2, 0.25) is 0 Å². The number of para-hydroxylation sites is 1. The molecule has 0 heterocycles. The number of hydrogen-bond acceptors (Lipinski definition) is 4. The van der Waals surface area contributed by atoms with Crippen molar-refractivity contribution >= 4 is 21.9 Å². The van der Waals surface area contributed by atoms with Gasteiger partial charge >= 0.3 is 5.97 Å². The van der Waals surface area contributed by atoms with Gasteiger partial charge in [-0.1, -0.05) is 34.1 Å². The lowest BCUT2D eigenvalue weighted by Gasteiger charge is -2.10. The maximum absolute atomic E-state index is 11.1. The molecule has 0 amide bonds. The Bertz CT molecular complexity index is 384. The first-order chi connectivity index (χ1) is 8.69. The highest BCUT2D eigenvalue weighted by Gasteiger charge is 2.13. The molecule has 1 aromatic carbocycles. The quantitative estimate of drug-likeness (QED) is 0.473. The topological polar surface area (TPSA) is 47.6 Å². The Balaban J connectivity index is 2.31. The Morgan fingerprint density at radius 1 is 1.39 bits per heavy atom. The van der Waals surface area contributed by atoms with E-state index in [1.54, 1.807) is 7.11 Å². The molecule has 100 valence electrons. The third kappa shape index (κ3) is 4.66. The average Bonchev–Trinajstić information content (AvgIpc) is 2.42. The first-order valence-electron chi connectivity index (χ1n) is 5.73. The Kier molecular flexibility index (Phi) is 6.75. The van der Waals surface area contributed by atoms with Gasteiger partial charge in [0.05, 0.1) is 14.2 Å². The monoisotopic (exact) mass is 315 g/mol. The summed E-state index contributed by atoms with van der Waals surface area (Å²) in [6, 6.07) is 7.91. The van der Waals surface area contributed by atoms with Crippen LogP contribution >= 0.6 is 15.9 Å². The van der Waals surface area contributed by atoms with Crippen LogP contribution in [0.15, 0.2) is 24.3 Å². The van der Waals surface area contributed by atoms with Crippen molar-refractivity contribution < 1.29 is 14.3 Å². The number of nitrogens with one attached hydrogen (secondary N) is 1. The van der Waals surface area contributed by atoms with Crippen molar-refractivity contribution in [3.05, 3.63) is 29.8 Å². The lowest BCUT2D eigenvalue weighted by Crippen LogP contribution is -2.30. The zero-order valence-electron chi connectivity index (χ0n) is 10.6. The lowest BCUT2D eigenvalue weighted by molar-refractivity contribution is -0.139. The fourth-order valence-electron chi connectivity index (χ4n) is 1.57. The van der Waals surface area contributed by atoms with Crippen molar-refractivity contribution in [3.63, 3.8) is 0 Å². The van der Waals surface area contributed by atoms with Gasteiger partial charge in [0, 0.05) is 6.54 Å². The largest absolute Gasteiger partial charge is 0.496 e. The molecule has 0 radical (unpaired) electrons. The SMILES string of the molecule is COC(=O)C(Br)CNCCc1ccccc1OC. The van der Waals surface area contributed by atoms with Crippen LogP contribution in [0.5, 0.6) is 5.75 Å². The number of esters is 1. The summed E-state index contributed by atoms with van der Waals surface area (Å²) in [5.41, 5.74) is 1.15. The molecular formula is C13H18BrNO3. The third-order valence-electron chi connectivity index (χ3n) is 2.54. The Morgan fingerprint density at radius 2 is 2.11 bits per heavy atom. The van der Waals surface area contributed by atoms with E-state index in [0.29, 0.717) is 6.54 Å². The van der Waals surface area contributed by atoms with Crippen molar-refractivity contribution in [1.82, 2.24) is 5.32 Å². The predicted octanol–water partition coefficient (Wildman–Crippen LogP) is 1.76. The molecule has 0 fully saturated rings. The fourth-order valence-corrected chi connectivity index (χ4v) is 1.99. The van der Waals surface area contributed by atoms with E-state index in [4.69, 9.17) is 4.74 Å². The maximum atomic E-state index is 11.1. The predicted molar refractivity (Wildman–Crippen MR) is 74.3 cm³/mol. The van der Waals surface area contributed by atoms with E-state index in [1.165, 1.54) is 7.11 Å². The molecule has 0 saturated heterocycles. The van der Waals surface area contributed by atoms with Crippen LogP contribution in [0.2, 0.25) is 0 Å². The second kappa shape index (κ2) is 8.11. The molecule has 1 unspecified atom stereocenters. The molecule has 18 heavy (non-hydrogen) atoms. The van der Waals surface area contributed by atoms with Gasteiger partial charge in [-0.25, -0.2) is 0 Å². The zero-order valence-corrected chi connectivity index (χ0v) is 12.2. The van der Waals surface area contributed by atoms with Crippen LogP contribution < -0.4 is 10.1 Å². The highest BCUT2D eigenvalue weighted by atomic mass is 79.9. The van der Waals surface area contributed by atoms with E-state index in [-0.39, 0.29) is 10.8 Å². The summed E-state index contributed by atoms with van der Waals surface area (Å²) >= 11 is 3.26.